The predicted octanol–water partition coefficient (Wildman–Crippen LogP) is 3.73. The third kappa shape index (κ3) is 6.11. The van der Waals surface area contributed by atoms with Gasteiger partial charge in [-0.15, -0.1) is 11.8 Å². The van der Waals surface area contributed by atoms with Gasteiger partial charge in [0.15, 0.2) is 5.96 Å². The molecule has 0 atom stereocenters. The van der Waals surface area contributed by atoms with Gasteiger partial charge in [-0.2, -0.15) is 0 Å². The van der Waals surface area contributed by atoms with Crippen molar-refractivity contribution >= 4 is 17.7 Å². The average molecular weight is 358 g/mol. The molecule has 0 bridgehead atoms. The fourth-order valence-electron chi connectivity index (χ4n) is 2.50. The maximum Gasteiger partial charge on any atom is 0.191 e. The van der Waals surface area contributed by atoms with Gasteiger partial charge in [-0.25, -0.2) is 0 Å². The number of benzene rings is 2. The summed E-state index contributed by atoms with van der Waals surface area (Å²) in [7, 11) is 3.50. The minimum atomic E-state index is 0.644. The number of aryl methyl sites for hydroxylation is 1. The van der Waals surface area contributed by atoms with Crippen LogP contribution in [0.4, 0.5) is 0 Å². The fraction of sp³-hybridized carbons (Fsp3) is 0.350. The first-order valence-corrected chi connectivity index (χ1v) is 9.53. The molecular weight excluding hydrogens is 330 g/mol. The van der Waals surface area contributed by atoms with E-state index in [9.17, 15) is 0 Å². The van der Waals surface area contributed by atoms with E-state index in [-0.39, 0.29) is 0 Å². The molecule has 0 aliphatic heterocycles. The van der Waals surface area contributed by atoms with Gasteiger partial charge in [0.2, 0.25) is 0 Å². The van der Waals surface area contributed by atoms with E-state index in [2.05, 4.69) is 71.3 Å². The van der Waals surface area contributed by atoms with Crippen molar-refractivity contribution in [1.29, 1.82) is 0 Å². The Kier molecular flexibility index (Phi) is 7.82. The maximum atomic E-state index is 5.14. The van der Waals surface area contributed by atoms with Crippen LogP contribution in [-0.4, -0.2) is 26.4 Å². The zero-order chi connectivity index (χ0) is 18.1. The summed E-state index contributed by atoms with van der Waals surface area (Å²) < 4.78 is 5.14. The first-order chi connectivity index (χ1) is 12.2. The highest BCUT2D eigenvalue weighted by Gasteiger charge is 2.04. The number of nitrogens with one attached hydrogen (secondary N) is 2. The molecule has 0 amide bonds. The zero-order valence-electron chi connectivity index (χ0n) is 15.4. The number of thioether (sulfide) groups is 1. The molecule has 0 aliphatic carbocycles. The number of nitrogens with zero attached hydrogens (tertiary/aromatic N) is 1. The molecule has 0 unspecified atom stereocenters. The Hall–Kier alpha value is -1.98. The lowest BCUT2D eigenvalue weighted by atomic mass is 10.1. The Morgan fingerprint density at radius 2 is 1.72 bits per heavy atom. The maximum absolute atomic E-state index is 5.14. The number of hydrogen-bond acceptors (Lipinski definition) is 3. The Bertz CT molecular complexity index is 699. The largest absolute Gasteiger partial charge is 0.380 e. The van der Waals surface area contributed by atoms with E-state index in [1.807, 2.05) is 0 Å². The molecule has 5 heteroatoms. The molecule has 2 aromatic rings. The first kappa shape index (κ1) is 19.3. The molecule has 25 heavy (non-hydrogen) atoms. The fourth-order valence-corrected chi connectivity index (χ4v) is 3.21. The van der Waals surface area contributed by atoms with Crippen molar-refractivity contribution < 1.29 is 4.74 Å². The summed E-state index contributed by atoms with van der Waals surface area (Å²) >= 11 is 1.77. The van der Waals surface area contributed by atoms with Gasteiger partial charge in [-0.3, -0.25) is 4.99 Å². The lowest BCUT2D eigenvalue weighted by Crippen LogP contribution is -2.36. The Morgan fingerprint density at radius 1 is 1.04 bits per heavy atom. The highest BCUT2D eigenvalue weighted by molar-refractivity contribution is 7.98. The molecule has 0 aliphatic rings. The summed E-state index contributed by atoms with van der Waals surface area (Å²) in [5.41, 5.74) is 4.96. The van der Waals surface area contributed by atoms with Gasteiger partial charge in [0.25, 0.3) is 0 Å². The van der Waals surface area contributed by atoms with Crippen LogP contribution in [0.15, 0.2) is 52.4 Å². The lowest BCUT2D eigenvalue weighted by molar-refractivity contribution is 0.185. The van der Waals surface area contributed by atoms with Gasteiger partial charge < -0.3 is 15.4 Å². The van der Waals surface area contributed by atoms with Crippen molar-refractivity contribution in [2.24, 2.45) is 4.99 Å². The highest BCUT2D eigenvalue weighted by Crippen LogP contribution is 2.21. The van der Waals surface area contributed by atoms with Crippen molar-refractivity contribution in [3.05, 3.63) is 64.7 Å². The second kappa shape index (κ2) is 10.1. The third-order valence-corrected chi connectivity index (χ3v) is 4.73. The van der Waals surface area contributed by atoms with Gasteiger partial charge in [0, 0.05) is 32.1 Å². The van der Waals surface area contributed by atoms with E-state index < -0.39 is 0 Å². The molecule has 0 saturated heterocycles. The van der Waals surface area contributed by atoms with Gasteiger partial charge >= 0.3 is 0 Å². The van der Waals surface area contributed by atoms with E-state index in [4.69, 9.17) is 4.74 Å². The van der Waals surface area contributed by atoms with Crippen molar-refractivity contribution in [3.63, 3.8) is 0 Å². The number of rotatable bonds is 7. The molecular formula is C20H27N3OS. The highest BCUT2D eigenvalue weighted by atomic mass is 32.2. The minimum Gasteiger partial charge on any atom is -0.380 e. The minimum absolute atomic E-state index is 0.644. The monoisotopic (exact) mass is 357 g/mol. The summed E-state index contributed by atoms with van der Waals surface area (Å²) in [5.74, 6) is 0.800. The smallest absolute Gasteiger partial charge is 0.191 e. The second-order valence-electron chi connectivity index (χ2n) is 5.84. The van der Waals surface area contributed by atoms with Gasteiger partial charge in [0.05, 0.1) is 6.61 Å². The van der Waals surface area contributed by atoms with E-state index >= 15 is 0 Å². The van der Waals surface area contributed by atoms with Crippen LogP contribution in [-0.2, 0) is 24.4 Å². The summed E-state index contributed by atoms with van der Waals surface area (Å²) in [6, 6.07) is 15.0. The molecule has 0 aromatic heterocycles. The number of ether oxygens (including phenoxy) is 1. The number of guanidine groups is 1. The predicted molar refractivity (Wildman–Crippen MR) is 107 cm³/mol. The van der Waals surface area contributed by atoms with Crippen LogP contribution in [0, 0.1) is 6.92 Å². The Morgan fingerprint density at radius 3 is 2.36 bits per heavy atom. The van der Waals surface area contributed by atoms with Crippen LogP contribution >= 0.6 is 11.8 Å². The molecule has 2 rings (SSSR count). The quantitative estimate of drug-likeness (QED) is 0.450. The molecule has 4 nitrogen and oxygen atoms in total. The van der Waals surface area contributed by atoms with Gasteiger partial charge in [-0.05, 0) is 41.5 Å². The zero-order valence-corrected chi connectivity index (χ0v) is 16.2. The molecule has 134 valence electrons. The van der Waals surface area contributed by atoms with Crippen LogP contribution in [0.5, 0.6) is 0 Å². The summed E-state index contributed by atoms with van der Waals surface area (Å²) in [6.45, 7) is 4.25. The molecule has 0 radical (unpaired) electrons. The van der Waals surface area contributed by atoms with Crippen LogP contribution in [0.2, 0.25) is 0 Å². The summed E-state index contributed by atoms with van der Waals surface area (Å²) in [6.07, 6.45) is 2.11. The van der Waals surface area contributed by atoms with Gasteiger partial charge in [-0.1, -0.05) is 36.4 Å². The molecule has 0 spiro atoms. The van der Waals surface area contributed by atoms with E-state index in [1.54, 1.807) is 25.9 Å². The van der Waals surface area contributed by atoms with Crippen molar-refractivity contribution in [1.82, 2.24) is 10.6 Å². The Labute approximate surface area is 155 Å². The summed E-state index contributed by atoms with van der Waals surface area (Å²) in [5, 5.41) is 6.74. The lowest BCUT2D eigenvalue weighted by Gasteiger charge is -2.14. The number of methoxy groups -OCH3 is 1. The van der Waals surface area contributed by atoms with Gasteiger partial charge in [0.1, 0.15) is 0 Å². The van der Waals surface area contributed by atoms with Crippen LogP contribution in [0.3, 0.4) is 0 Å². The Balaban J connectivity index is 1.88. The first-order valence-electron chi connectivity index (χ1n) is 8.31. The topological polar surface area (TPSA) is 45.7 Å². The molecule has 2 aromatic carbocycles. The van der Waals surface area contributed by atoms with Crippen molar-refractivity contribution in [2.45, 2.75) is 31.5 Å². The van der Waals surface area contributed by atoms with E-state index in [1.165, 1.54) is 27.1 Å². The SMILES string of the molecule is CN=C(NCc1ccc(COC)cc1)NCc1ccc(C)cc1SC. The standard InChI is InChI=1S/C20H27N3OS/c1-15-5-10-18(19(11-15)25-4)13-23-20(21-2)22-12-16-6-8-17(9-7-16)14-24-3/h5-11H,12-14H2,1-4H3,(H2,21,22,23). The van der Waals surface area contributed by atoms with Crippen molar-refractivity contribution in [3.8, 4) is 0 Å². The van der Waals surface area contributed by atoms with E-state index in [0.717, 1.165) is 19.0 Å². The number of aliphatic imine (C=N–C) groups is 1. The normalized spacial score (nSPS) is 11.4. The molecule has 0 fully saturated rings. The van der Waals surface area contributed by atoms with E-state index in [0.29, 0.717) is 6.61 Å². The van der Waals surface area contributed by atoms with Crippen LogP contribution in [0.1, 0.15) is 22.3 Å². The molecule has 0 heterocycles. The molecule has 0 saturated carbocycles. The molecule has 2 N–H and O–H groups in total. The van der Waals surface area contributed by atoms with Crippen LogP contribution < -0.4 is 10.6 Å². The number of hydrogen-bond donors (Lipinski definition) is 2. The van der Waals surface area contributed by atoms with Crippen molar-refractivity contribution in [2.75, 3.05) is 20.4 Å². The third-order valence-electron chi connectivity index (χ3n) is 3.91. The second-order valence-corrected chi connectivity index (χ2v) is 6.69. The average Bonchev–Trinajstić information content (AvgIpc) is 2.64. The summed E-state index contributed by atoms with van der Waals surface area (Å²) in [4.78, 5) is 5.61. The van der Waals surface area contributed by atoms with Crippen LogP contribution in [0.25, 0.3) is 0 Å².